The highest BCUT2D eigenvalue weighted by Gasteiger charge is 2.49. The van der Waals surface area contributed by atoms with Crippen LogP contribution in [0.15, 0.2) is 0 Å². The van der Waals surface area contributed by atoms with E-state index in [1.165, 1.54) is 13.8 Å². The van der Waals surface area contributed by atoms with E-state index < -0.39 is 44.6 Å². The molecule has 2 unspecified atom stereocenters. The summed E-state index contributed by atoms with van der Waals surface area (Å²) in [5, 5.41) is 0. The highest BCUT2D eigenvalue weighted by Crippen LogP contribution is 2.43. The van der Waals surface area contributed by atoms with Gasteiger partial charge in [-0.1, -0.05) is 0 Å². The zero-order valence-electron chi connectivity index (χ0n) is 13.4. The Bertz CT molecular complexity index is 440. The molecule has 1 rings (SSSR count). The molecule has 0 amide bonds. The molecule has 5 nitrogen and oxygen atoms in total. The van der Waals surface area contributed by atoms with Crippen LogP contribution >= 0.6 is 7.82 Å². The first kappa shape index (κ1) is 23.6. The quantitative estimate of drug-likeness (QED) is 0.498. The first-order valence-electron chi connectivity index (χ1n) is 7.01. The van der Waals surface area contributed by atoms with Crippen LogP contribution in [0.4, 0.5) is 26.3 Å². The summed E-state index contributed by atoms with van der Waals surface area (Å²) in [5.41, 5.74) is -1.11. The van der Waals surface area contributed by atoms with E-state index in [9.17, 15) is 26.3 Å². The topological polar surface area (TPSA) is 81.0 Å². The second kappa shape index (κ2) is 7.90. The van der Waals surface area contributed by atoms with Crippen LogP contribution in [0, 0.1) is 5.92 Å². The van der Waals surface area contributed by atoms with Gasteiger partial charge >= 0.3 is 20.2 Å². The molecule has 1 aliphatic heterocycles. The number of phosphoric acid groups is 1. The summed E-state index contributed by atoms with van der Waals surface area (Å²) in [5.74, 6) is -0.800. The second-order valence-corrected chi connectivity index (χ2v) is 7.38. The van der Waals surface area contributed by atoms with Crippen LogP contribution in [-0.4, -0.2) is 50.1 Å². The molecule has 0 aromatic heterocycles. The zero-order chi connectivity index (χ0) is 19.6. The molecule has 0 radical (unpaired) electrons. The highest BCUT2D eigenvalue weighted by atomic mass is 31.2. The minimum absolute atomic E-state index is 0.308. The number of halogens is 6. The third-order valence-corrected chi connectivity index (χ3v) is 4.03. The molecule has 1 aliphatic rings. The Balaban J connectivity index is 0.000000922. The summed E-state index contributed by atoms with van der Waals surface area (Å²) in [7, 11) is -4.64. The van der Waals surface area contributed by atoms with Crippen LogP contribution in [0.5, 0.6) is 0 Å². The van der Waals surface area contributed by atoms with Gasteiger partial charge in [-0.15, -0.1) is 0 Å². The maximum atomic E-state index is 12.6. The van der Waals surface area contributed by atoms with Crippen molar-refractivity contribution in [3.8, 4) is 0 Å². The Labute approximate surface area is 135 Å². The van der Waals surface area contributed by atoms with E-state index in [2.05, 4.69) is 0 Å². The van der Waals surface area contributed by atoms with Gasteiger partial charge in [0.25, 0.3) is 0 Å². The number of rotatable bonds is 2. The molecule has 1 heterocycles. The van der Waals surface area contributed by atoms with Gasteiger partial charge in [-0.3, -0.25) is 4.90 Å². The molecule has 0 aromatic rings. The molecule has 24 heavy (non-hydrogen) atoms. The fraction of sp³-hybridized carbons (Fsp3) is 1.00. The summed E-state index contributed by atoms with van der Waals surface area (Å²) in [4.78, 5) is 22.7. The van der Waals surface area contributed by atoms with Crippen molar-refractivity contribution in [2.75, 3.05) is 6.54 Å². The first-order valence-corrected chi connectivity index (χ1v) is 8.58. The predicted molar refractivity (Wildman–Crippen MR) is 74.0 cm³/mol. The van der Waals surface area contributed by atoms with Crippen LogP contribution in [0.1, 0.15) is 40.0 Å². The molecule has 2 atom stereocenters. The molecular weight excluding hydrogens is 367 g/mol. The summed E-state index contributed by atoms with van der Waals surface area (Å²) >= 11 is 0. The zero-order valence-corrected chi connectivity index (χ0v) is 14.3. The minimum Gasteiger partial charge on any atom is -0.303 e. The van der Waals surface area contributed by atoms with E-state index in [0.717, 1.165) is 4.90 Å². The molecule has 0 saturated carbocycles. The van der Waals surface area contributed by atoms with Crippen molar-refractivity contribution < 1.29 is 45.6 Å². The summed E-state index contributed by atoms with van der Waals surface area (Å²) in [6.45, 7) is 3.43. The van der Waals surface area contributed by atoms with Gasteiger partial charge in [0, 0.05) is 18.0 Å². The molecule has 12 heteroatoms. The van der Waals surface area contributed by atoms with Gasteiger partial charge in [0.15, 0.2) is 0 Å². The number of hydrogen-bond acceptors (Lipinski definition) is 2. The molecule has 0 aromatic carbocycles. The van der Waals surface area contributed by atoms with E-state index in [0.29, 0.717) is 12.8 Å². The molecule has 1 fully saturated rings. The van der Waals surface area contributed by atoms with Gasteiger partial charge < -0.3 is 14.7 Å². The maximum absolute atomic E-state index is 12.6. The van der Waals surface area contributed by atoms with Crippen molar-refractivity contribution in [3.05, 3.63) is 0 Å². The standard InChI is InChI=1S/C12H19F6N.H3O4P/c1-8-4-5-9(6-11(13,14)15)10(2,3)19(8)7-12(16,17)18;1-5(2,3)4/h8-9H,4-7H2,1-3H3;(H3,1,2,3,4). The molecule has 0 aliphatic carbocycles. The van der Waals surface area contributed by atoms with Crippen molar-refractivity contribution in [1.82, 2.24) is 4.90 Å². The van der Waals surface area contributed by atoms with Gasteiger partial charge in [-0.2, -0.15) is 26.3 Å². The molecule has 146 valence electrons. The smallest absolute Gasteiger partial charge is 0.303 e. The van der Waals surface area contributed by atoms with Crippen molar-refractivity contribution in [2.24, 2.45) is 5.92 Å². The van der Waals surface area contributed by atoms with E-state index >= 15 is 0 Å². The second-order valence-electron chi connectivity index (χ2n) is 6.35. The fourth-order valence-electron chi connectivity index (χ4n) is 2.94. The Morgan fingerprint density at radius 2 is 1.46 bits per heavy atom. The molecular formula is C12H22F6NO4P. The largest absolute Gasteiger partial charge is 0.466 e. The monoisotopic (exact) mass is 389 g/mol. The Morgan fingerprint density at radius 1 is 1.04 bits per heavy atom. The lowest BCUT2D eigenvalue weighted by molar-refractivity contribution is -0.192. The van der Waals surface area contributed by atoms with E-state index in [1.54, 1.807) is 6.92 Å². The first-order chi connectivity index (χ1) is 10.3. The van der Waals surface area contributed by atoms with Crippen molar-refractivity contribution in [3.63, 3.8) is 0 Å². The lowest BCUT2D eigenvalue weighted by Crippen LogP contribution is -2.59. The average Bonchev–Trinajstić information content (AvgIpc) is 2.24. The number of nitrogens with zero attached hydrogens (tertiary/aromatic N) is 1. The lowest BCUT2D eigenvalue weighted by atomic mass is 9.75. The van der Waals surface area contributed by atoms with Crippen molar-refractivity contribution in [1.29, 1.82) is 0 Å². The maximum Gasteiger partial charge on any atom is 0.466 e. The third-order valence-electron chi connectivity index (χ3n) is 4.03. The number of likely N-dealkylation sites (tertiary alicyclic amines) is 1. The van der Waals surface area contributed by atoms with Crippen molar-refractivity contribution >= 4 is 7.82 Å². The average molecular weight is 389 g/mol. The SMILES string of the molecule is CC1CCC(CC(F)(F)F)C(C)(C)N1CC(F)(F)F.O=P(O)(O)O. The van der Waals surface area contributed by atoms with E-state index in [4.69, 9.17) is 19.2 Å². The van der Waals surface area contributed by atoms with Crippen molar-refractivity contribution in [2.45, 2.75) is 64.0 Å². The van der Waals surface area contributed by atoms with Crippen LogP contribution in [0.25, 0.3) is 0 Å². The molecule has 3 N–H and O–H groups in total. The molecule has 0 bridgehead atoms. The predicted octanol–water partition coefficient (Wildman–Crippen LogP) is 3.45. The van der Waals surface area contributed by atoms with Gasteiger partial charge in [0.05, 0.1) is 6.54 Å². The van der Waals surface area contributed by atoms with E-state index in [1.807, 2.05) is 0 Å². The molecule has 1 saturated heterocycles. The molecule has 0 spiro atoms. The number of hydrogen-bond donors (Lipinski definition) is 3. The summed E-state index contributed by atoms with van der Waals surface area (Å²) in [6.07, 6.45) is -9.10. The van der Waals surface area contributed by atoms with Gasteiger partial charge in [0.1, 0.15) is 0 Å². The van der Waals surface area contributed by atoms with Crippen LogP contribution in [0.3, 0.4) is 0 Å². The number of piperidine rings is 1. The summed E-state index contributed by atoms with van der Waals surface area (Å²) < 4.78 is 84.1. The minimum atomic E-state index is -4.64. The van der Waals surface area contributed by atoms with Gasteiger partial charge in [-0.05, 0) is 39.5 Å². The number of alkyl halides is 6. The summed E-state index contributed by atoms with van der Waals surface area (Å²) in [6, 6.07) is -0.360. The third kappa shape index (κ3) is 9.83. The Morgan fingerprint density at radius 3 is 1.79 bits per heavy atom. The normalized spacial score (nSPS) is 25.8. The Hall–Kier alpha value is -0.350. The van der Waals surface area contributed by atoms with Crippen LogP contribution in [0.2, 0.25) is 0 Å². The van der Waals surface area contributed by atoms with E-state index in [-0.39, 0.29) is 6.04 Å². The fourth-order valence-corrected chi connectivity index (χ4v) is 2.94. The van der Waals surface area contributed by atoms with Crippen LogP contribution < -0.4 is 0 Å². The highest BCUT2D eigenvalue weighted by molar-refractivity contribution is 7.45. The lowest BCUT2D eigenvalue weighted by Gasteiger charge is -2.52. The van der Waals surface area contributed by atoms with Gasteiger partial charge in [0.2, 0.25) is 0 Å². The van der Waals surface area contributed by atoms with Gasteiger partial charge in [-0.25, -0.2) is 4.57 Å². The van der Waals surface area contributed by atoms with Crippen LogP contribution in [-0.2, 0) is 4.57 Å². The Kier molecular flexibility index (Phi) is 7.79.